The molecule has 1 saturated heterocycles. The van der Waals surface area contributed by atoms with Gasteiger partial charge in [0.2, 0.25) is 47.3 Å². The Labute approximate surface area is 544 Å². The largest absolute Gasteiger partial charge is 0.481 e. The number of rotatable bonds is 44. The maximum Gasteiger partial charge on any atom is 0.306 e. The molecule has 0 saturated carbocycles. The van der Waals surface area contributed by atoms with E-state index >= 15 is 4.79 Å². The van der Waals surface area contributed by atoms with E-state index in [0.717, 1.165) is 16.2 Å². The Bertz CT molecular complexity index is 2700. The van der Waals surface area contributed by atoms with Gasteiger partial charge in [0.15, 0.2) is 6.10 Å². The number of carboxylic acid groups (broad SMARTS) is 1. The summed E-state index contributed by atoms with van der Waals surface area (Å²) in [5.74, 6) is -6.67. The zero-order valence-corrected chi connectivity index (χ0v) is 57.2. The number of aliphatic carboxylic acids is 1. The molecule has 2 aromatic rings. The van der Waals surface area contributed by atoms with Crippen LogP contribution in [0.1, 0.15) is 167 Å². The van der Waals surface area contributed by atoms with Crippen LogP contribution in [0.2, 0.25) is 0 Å². The Balaban J connectivity index is 1.70. The molecule has 0 bridgehead atoms. The lowest BCUT2D eigenvalue weighted by molar-refractivity contribution is -0.150. The number of hydrogen-bond donors (Lipinski definition) is 7. The van der Waals surface area contributed by atoms with Crippen molar-refractivity contribution in [3.05, 3.63) is 46.2 Å². The molecule has 1 aliphatic rings. The fourth-order valence-electron chi connectivity index (χ4n) is 10.1. The fourth-order valence-corrected chi connectivity index (χ4v) is 11.5. The molecule has 0 spiro atoms. The molecule has 3 rings (SSSR count). The van der Waals surface area contributed by atoms with Crippen LogP contribution in [0.4, 0.5) is 0 Å². The van der Waals surface area contributed by atoms with Crippen molar-refractivity contribution in [2.45, 2.75) is 193 Å². The number of carboxylic acids is 1. The molecule has 9 amide bonds. The topological polar surface area (TPSA) is 343 Å². The number of pyridine rings is 1. The molecular weight excluding hydrogens is 1210 g/mol. The van der Waals surface area contributed by atoms with Crippen LogP contribution in [-0.2, 0) is 68.6 Å². The summed E-state index contributed by atoms with van der Waals surface area (Å²) in [6, 6.07) is 1.12. The predicted octanol–water partition coefficient (Wildman–Crippen LogP) is 4.20. The van der Waals surface area contributed by atoms with E-state index in [1.807, 2.05) is 34.6 Å². The molecule has 2 aromatic heterocycles. The second kappa shape index (κ2) is 40.4. The molecule has 9 atom stereocenters. The number of amides is 9. The average molecular weight is 1320 g/mol. The zero-order valence-electron chi connectivity index (χ0n) is 55.5. The number of carbonyl (C=O) groups excluding carboxylic acids is 10. The lowest BCUT2D eigenvalue weighted by atomic mass is 9.91. The number of nitrogens with zero attached hydrogens (tertiary/aromatic N) is 5. The quantitative estimate of drug-likeness (QED) is 0.0278. The van der Waals surface area contributed by atoms with Crippen LogP contribution in [0, 0.1) is 17.8 Å². The van der Waals surface area contributed by atoms with Gasteiger partial charge in [-0.2, -0.15) is 11.8 Å². The van der Waals surface area contributed by atoms with Crippen LogP contribution in [0.15, 0.2) is 29.8 Å². The number of nitrogens with one attached hydrogen (secondary N) is 6. The van der Waals surface area contributed by atoms with Crippen LogP contribution in [-0.4, -0.2) is 209 Å². The molecule has 510 valence electrons. The van der Waals surface area contributed by atoms with E-state index in [4.69, 9.17) is 14.2 Å². The van der Waals surface area contributed by atoms with E-state index < -0.39 is 94.5 Å². The highest BCUT2D eigenvalue weighted by Crippen LogP contribution is 2.32. The molecule has 1 aliphatic heterocycles. The van der Waals surface area contributed by atoms with Crippen molar-refractivity contribution in [3.63, 3.8) is 0 Å². The van der Waals surface area contributed by atoms with E-state index in [2.05, 4.69) is 41.9 Å². The van der Waals surface area contributed by atoms with Crippen molar-refractivity contribution in [1.29, 1.82) is 0 Å². The summed E-state index contributed by atoms with van der Waals surface area (Å²) in [5, 5.41) is 28.2. The second-order valence-electron chi connectivity index (χ2n) is 24.0. The Morgan fingerprint density at radius 3 is 2.21 bits per heavy atom. The summed E-state index contributed by atoms with van der Waals surface area (Å²) < 4.78 is 16.2. The van der Waals surface area contributed by atoms with E-state index in [9.17, 15) is 53.1 Å². The van der Waals surface area contributed by atoms with Crippen molar-refractivity contribution in [2.24, 2.45) is 17.8 Å². The standard InChI is InChI=1S/C63H101N11O15S2/c1-14-28-73(48(39(3)4)36-49(89-43(8)75)58-70-47(38-91-58)57(81)68-45(34-41(6)61(84)85)35-44-21-16-18-25-64-44)60(83)54(40(5)15-2)71-62(86)63(9,10)72(11)30-27-66-55(79)42(7)67-56(80)46(22-17-19-26-65-51(76)24-31-88-33-32-87-12)69-52(77)23-20-29-74-53(78)37-50(90-13)59(74)82/h16,18,21,25,38-42,45-46,48-50,54H,14-15,17,19-20,22-24,26-37H2,1-13H3,(H,65,76)(H,66,79)(H,67,80)(H,68,81)(H,69,77)(H,71,86)(H,84,85)/t40?,41?,42?,45-,46?,48-,49-,50?,54+/m1/s1. The Hall–Kier alpha value is -6.62. The third-order valence-corrected chi connectivity index (χ3v) is 18.0. The summed E-state index contributed by atoms with van der Waals surface area (Å²) in [4.78, 5) is 159. The first-order valence-corrected chi connectivity index (χ1v) is 33.7. The molecule has 0 radical (unpaired) electrons. The van der Waals surface area contributed by atoms with Gasteiger partial charge in [-0.05, 0) is 96.6 Å². The number of esters is 1. The smallest absolute Gasteiger partial charge is 0.306 e. The highest BCUT2D eigenvalue weighted by molar-refractivity contribution is 8.00. The fraction of sp³-hybridized carbons (Fsp3) is 0.698. The van der Waals surface area contributed by atoms with Gasteiger partial charge in [0.25, 0.3) is 5.91 Å². The van der Waals surface area contributed by atoms with Crippen molar-refractivity contribution >= 4 is 88.2 Å². The van der Waals surface area contributed by atoms with Crippen molar-refractivity contribution in [3.8, 4) is 0 Å². The van der Waals surface area contributed by atoms with Crippen LogP contribution >= 0.6 is 23.1 Å². The third-order valence-electron chi connectivity index (χ3n) is 16.1. The summed E-state index contributed by atoms with van der Waals surface area (Å²) in [6.45, 7) is 19.2. The van der Waals surface area contributed by atoms with Gasteiger partial charge in [0.05, 0.1) is 36.5 Å². The molecule has 28 heteroatoms. The van der Waals surface area contributed by atoms with Gasteiger partial charge in [-0.1, -0.05) is 54.0 Å². The number of aromatic nitrogens is 2. The number of ether oxygens (including phenoxy) is 3. The second-order valence-corrected chi connectivity index (χ2v) is 25.9. The van der Waals surface area contributed by atoms with Crippen molar-refractivity contribution < 1.29 is 72.1 Å². The summed E-state index contributed by atoms with van der Waals surface area (Å²) in [5.41, 5.74) is -0.515. The summed E-state index contributed by atoms with van der Waals surface area (Å²) >= 11 is 2.41. The van der Waals surface area contributed by atoms with Crippen LogP contribution in [0.5, 0.6) is 0 Å². The minimum atomic E-state index is -1.23. The first-order valence-electron chi connectivity index (χ1n) is 31.6. The first kappa shape index (κ1) is 78.6. The molecule has 26 nitrogen and oxygen atoms in total. The maximum absolute atomic E-state index is 15.1. The third kappa shape index (κ3) is 26.5. The molecule has 5 unspecified atom stereocenters. The normalized spacial score (nSPS) is 16.0. The van der Waals surface area contributed by atoms with E-state index in [0.29, 0.717) is 62.7 Å². The first-order chi connectivity index (χ1) is 43.1. The van der Waals surface area contributed by atoms with Crippen LogP contribution in [0.25, 0.3) is 0 Å². The van der Waals surface area contributed by atoms with Gasteiger partial charge in [-0.15, -0.1) is 11.3 Å². The highest BCUT2D eigenvalue weighted by Gasteiger charge is 2.41. The summed E-state index contributed by atoms with van der Waals surface area (Å²) in [7, 11) is 3.26. The number of imide groups is 1. The molecule has 91 heavy (non-hydrogen) atoms. The average Bonchev–Trinajstić information content (AvgIpc) is 1.73. The Kier molecular flexibility index (Phi) is 34.9. The van der Waals surface area contributed by atoms with Gasteiger partial charge >= 0.3 is 11.9 Å². The SMILES string of the molecule is CCCN(C(=O)[C@@H](NC(=O)C(C)(C)N(C)CCNC(=O)C(C)NC(=O)C(CCCCNC(=O)CCOCCOC)NC(=O)CCCN1C(=O)CC(SC)C1=O)C(C)CC)[C@H](C[C@@H](OC(C)=O)c1nc(C(=O)N[C@@H](Cc2ccccn2)CC(C)C(=O)O)cs1)C(C)C. The minimum absolute atomic E-state index is 0.0448. The van der Waals surface area contributed by atoms with E-state index in [1.165, 1.54) is 25.6 Å². The van der Waals surface area contributed by atoms with Gasteiger partial charge in [0, 0.05) is 108 Å². The number of carbonyl (C=O) groups is 11. The number of unbranched alkanes of at least 4 members (excludes halogenated alkanes) is 1. The number of methoxy groups -OCH3 is 1. The number of thioether (sulfide) groups is 1. The Morgan fingerprint density at radius 2 is 1.59 bits per heavy atom. The van der Waals surface area contributed by atoms with Crippen LogP contribution in [0.3, 0.4) is 0 Å². The summed E-state index contributed by atoms with van der Waals surface area (Å²) in [6.07, 6.45) is 5.44. The number of likely N-dealkylation sites (tertiary alicyclic amines) is 1. The van der Waals surface area contributed by atoms with Gasteiger partial charge < -0.3 is 56.1 Å². The minimum Gasteiger partial charge on any atom is -0.481 e. The lowest BCUT2D eigenvalue weighted by Crippen LogP contribution is -2.61. The monoisotopic (exact) mass is 1320 g/mol. The van der Waals surface area contributed by atoms with Crippen LogP contribution < -0.4 is 31.9 Å². The van der Waals surface area contributed by atoms with E-state index in [-0.39, 0.29) is 119 Å². The Morgan fingerprint density at radius 1 is 0.868 bits per heavy atom. The molecular formula is C63H101N11O15S2. The number of thiazole rings is 1. The molecule has 1 fully saturated rings. The van der Waals surface area contributed by atoms with E-state index in [1.54, 1.807) is 80.8 Å². The number of hydrogen-bond acceptors (Lipinski definition) is 19. The molecule has 3 heterocycles. The zero-order chi connectivity index (χ0) is 68.0. The maximum atomic E-state index is 15.1. The molecule has 0 aromatic carbocycles. The van der Waals surface area contributed by atoms with Gasteiger partial charge in [-0.3, -0.25) is 67.5 Å². The molecule has 7 N–H and O–H groups in total. The molecule has 0 aliphatic carbocycles. The van der Waals surface area contributed by atoms with Crippen molar-refractivity contribution in [1.82, 2.24) is 56.6 Å². The van der Waals surface area contributed by atoms with Crippen molar-refractivity contribution in [2.75, 3.05) is 73.0 Å². The van der Waals surface area contributed by atoms with Gasteiger partial charge in [-0.25, -0.2) is 4.98 Å². The number of likely N-dealkylation sites (N-methyl/N-ethyl adjacent to an activating group) is 1. The highest BCUT2D eigenvalue weighted by atomic mass is 32.2. The van der Waals surface area contributed by atoms with Gasteiger partial charge in [0.1, 0.15) is 28.8 Å². The lowest BCUT2D eigenvalue weighted by Gasteiger charge is -2.41. The predicted molar refractivity (Wildman–Crippen MR) is 345 cm³/mol.